The molecular formula is C7H14ClNO4. The van der Waals surface area contributed by atoms with Crippen LogP contribution in [0.5, 0.6) is 0 Å². The Balaban J connectivity index is 2.66. The van der Waals surface area contributed by atoms with Crippen molar-refractivity contribution < 1.29 is 19.7 Å². The number of methoxy groups -OCH3 is 1. The van der Waals surface area contributed by atoms with E-state index in [2.05, 4.69) is 0 Å². The molecule has 1 rings (SSSR count). The molecule has 0 aromatic carbocycles. The van der Waals surface area contributed by atoms with Crippen LogP contribution in [0.25, 0.3) is 0 Å². The van der Waals surface area contributed by atoms with Gasteiger partial charge in [-0.1, -0.05) is 0 Å². The van der Waals surface area contributed by atoms with E-state index in [1.807, 2.05) is 0 Å². The second kappa shape index (κ2) is 4.54. The molecule has 0 bridgehead atoms. The predicted octanol–water partition coefficient (Wildman–Crippen LogP) is -1.35. The number of alkyl halides is 1. The fourth-order valence-electron chi connectivity index (χ4n) is 1.28. The summed E-state index contributed by atoms with van der Waals surface area (Å²) < 4.78 is 9.98. The standard InChI is InChI=1S/C7H14ClNO4/c1-12-7-6(11)5(9)4(8)3(2-10)13-7/h3-7,10-11H,2,9H2,1H3. The van der Waals surface area contributed by atoms with Crippen molar-refractivity contribution in [1.29, 1.82) is 0 Å². The van der Waals surface area contributed by atoms with Crippen molar-refractivity contribution in [1.82, 2.24) is 0 Å². The molecule has 1 aliphatic heterocycles. The smallest absolute Gasteiger partial charge is 0.185 e. The first-order valence-electron chi connectivity index (χ1n) is 3.98. The first-order valence-corrected chi connectivity index (χ1v) is 4.42. The van der Waals surface area contributed by atoms with Gasteiger partial charge in [-0.2, -0.15) is 0 Å². The van der Waals surface area contributed by atoms with E-state index in [4.69, 9.17) is 31.9 Å². The molecule has 4 N–H and O–H groups in total. The van der Waals surface area contributed by atoms with Crippen molar-refractivity contribution in [2.75, 3.05) is 13.7 Å². The van der Waals surface area contributed by atoms with Crippen LogP contribution in [-0.2, 0) is 9.47 Å². The summed E-state index contributed by atoms with van der Waals surface area (Å²) in [7, 11) is 1.39. The topological polar surface area (TPSA) is 84.9 Å². The molecular weight excluding hydrogens is 198 g/mol. The Bertz CT molecular complexity index is 151. The quantitative estimate of drug-likeness (QED) is 0.492. The van der Waals surface area contributed by atoms with Gasteiger partial charge >= 0.3 is 0 Å². The van der Waals surface area contributed by atoms with E-state index >= 15 is 0 Å². The van der Waals surface area contributed by atoms with Gasteiger partial charge in [0.1, 0.15) is 12.2 Å². The summed E-state index contributed by atoms with van der Waals surface area (Å²) >= 11 is 5.82. The normalized spacial score (nSPS) is 46.4. The van der Waals surface area contributed by atoms with Crippen molar-refractivity contribution in [3.8, 4) is 0 Å². The molecule has 0 amide bonds. The molecule has 1 fully saturated rings. The van der Waals surface area contributed by atoms with Gasteiger partial charge in [-0.3, -0.25) is 0 Å². The Morgan fingerprint density at radius 3 is 2.69 bits per heavy atom. The molecule has 1 aliphatic rings. The van der Waals surface area contributed by atoms with Crippen LogP contribution in [0.15, 0.2) is 0 Å². The van der Waals surface area contributed by atoms with Crippen LogP contribution >= 0.6 is 11.6 Å². The summed E-state index contributed by atoms with van der Waals surface area (Å²) in [6.45, 7) is -0.242. The molecule has 0 aromatic rings. The lowest BCUT2D eigenvalue weighted by atomic mass is 10.0. The molecule has 5 unspecified atom stereocenters. The minimum absolute atomic E-state index is 0.242. The van der Waals surface area contributed by atoms with Gasteiger partial charge in [0, 0.05) is 7.11 Å². The van der Waals surface area contributed by atoms with E-state index in [0.717, 1.165) is 0 Å². The third-order valence-electron chi connectivity index (χ3n) is 2.12. The van der Waals surface area contributed by atoms with Crippen LogP contribution in [0.1, 0.15) is 0 Å². The van der Waals surface area contributed by atoms with Gasteiger partial charge in [0.2, 0.25) is 0 Å². The summed E-state index contributed by atoms with van der Waals surface area (Å²) in [5, 5.41) is 17.8. The van der Waals surface area contributed by atoms with Gasteiger partial charge in [0.25, 0.3) is 0 Å². The number of rotatable bonds is 2. The van der Waals surface area contributed by atoms with E-state index in [9.17, 15) is 5.11 Å². The fourth-order valence-corrected chi connectivity index (χ4v) is 1.57. The molecule has 0 aliphatic carbocycles. The molecule has 1 heterocycles. The summed E-state index contributed by atoms with van der Waals surface area (Å²) in [5.41, 5.74) is 5.60. The average Bonchev–Trinajstić information content (AvgIpc) is 2.15. The second-order valence-corrected chi connectivity index (χ2v) is 3.48. The maximum atomic E-state index is 9.48. The lowest BCUT2D eigenvalue weighted by Gasteiger charge is -2.39. The number of aliphatic hydroxyl groups excluding tert-OH is 2. The lowest BCUT2D eigenvalue weighted by molar-refractivity contribution is -0.237. The molecule has 13 heavy (non-hydrogen) atoms. The Hall–Kier alpha value is 0.0900. The van der Waals surface area contributed by atoms with Crippen molar-refractivity contribution >= 4 is 11.6 Å². The van der Waals surface area contributed by atoms with Gasteiger partial charge < -0.3 is 25.4 Å². The van der Waals surface area contributed by atoms with Crippen molar-refractivity contribution in [2.24, 2.45) is 5.73 Å². The largest absolute Gasteiger partial charge is 0.394 e. The Morgan fingerprint density at radius 2 is 2.23 bits per heavy atom. The Kier molecular flexibility index (Phi) is 3.90. The Morgan fingerprint density at radius 1 is 1.62 bits per heavy atom. The minimum Gasteiger partial charge on any atom is -0.394 e. The summed E-state index contributed by atoms with van der Waals surface area (Å²) in [6.07, 6.45) is -2.37. The van der Waals surface area contributed by atoms with Gasteiger partial charge in [0.15, 0.2) is 6.29 Å². The monoisotopic (exact) mass is 211 g/mol. The molecule has 0 radical (unpaired) electrons. The minimum atomic E-state index is -0.963. The van der Waals surface area contributed by atoms with E-state index in [1.165, 1.54) is 7.11 Å². The fraction of sp³-hybridized carbons (Fsp3) is 1.00. The predicted molar refractivity (Wildman–Crippen MR) is 46.4 cm³/mol. The molecule has 6 heteroatoms. The molecule has 5 nitrogen and oxygen atoms in total. The number of hydrogen-bond donors (Lipinski definition) is 3. The van der Waals surface area contributed by atoms with Crippen LogP contribution in [0.2, 0.25) is 0 Å². The molecule has 0 spiro atoms. The molecule has 0 saturated carbocycles. The average molecular weight is 212 g/mol. The highest BCUT2D eigenvalue weighted by atomic mass is 35.5. The van der Waals surface area contributed by atoms with Gasteiger partial charge in [-0.25, -0.2) is 0 Å². The molecule has 0 aromatic heterocycles. The highest BCUT2D eigenvalue weighted by molar-refractivity contribution is 6.21. The highest BCUT2D eigenvalue weighted by Gasteiger charge is 2.42. The number of nitrogens with two attached hydrogens (primary N) is 1. The number of ether oxygens (including phenoxy) is 2. The van der Waals surface area contributed by atoms with Crippen LogP contribution in [0.4, 0.5) is 0 Å². The highest BCUT2D eigenvalue weighted by Crippen LogP contribution is 2.23. The molecule has 5 atom stereocenters. The van der Waals surface area contributed by atoms with E-state index in [0.29, 0.717) is 0 Å². The zero-order valence-corrected chi connectivity index (χ0v) is 8.02. The molecule has 1 saturated heterocycles. The third-order valence-corrected chi connectivity index (χ3v) is 2.69. The molecule has 78 valence electrons. The van der Waals surface area contributed by atoms with Gasteiger partial charge in [-0.05, 0) is 0 Å². The maximum absolute atomic E-state index is 9.48. The number of aliphatic hydroxyl groups is 2. The zero-order valence-electron chi connectivity index (χ0n) is 7.26. The Labute approximate surface area is 81.4 Å². The van der Waals surface area contributed by atoms with Crippen molar-refractivity contribution in [3.63, 3.8) is 0 Å². The number of halogens is 1. The SMILES string of the molecule is COC1OC(CO)C(Cl)C(N)C1O. The van der Waals surface area contributed by atoms with E-state index in [1.54, 1.807) is 0 Å². The number of hydrogen-bond acceptors (Lipinski definition) is 5. The van der Waals surface area contributed by atoms with Crippen LogP contribution < -0.4 is 5.73 Å². The van der Waals surface area contributed by atoms with E-state index in [-0.39, 0.29) is 6.61 Å². The first-order chi connectivity index (χ1) is 6.11. The third kappa shape index (κ3) is 2.12. The maximum Gasteiger partial charge on any atom is 0.185 e. The van der Waals surface area contributed by atoms with Crippen molar-refractivity contribution in [3.05, 3.63) is 0 Å². The van der Waals surface area contributed by atoms with Crippen LogP contribution in [0, 0.1) is 0 Å². The van der Waals surface area contributed by atoms with Crippen molar-refractivity contribution in [2.45, 2.75) is 29.9 Å². The first kappa shape index (κ1) is 11.2. The van der Waals surface area contributed by atoms with Gasteiger partial charge in [0.05, 0.1) is 18.0 Å². The van der Waals surface area contributed by atoms with Gasteiger partial charge in [-0.15, -0.1) is 11.6 Å². The summed E-state index contributed by atoms with van der Waals surface area (Å²) in [4.78, 5) is 0. The van der Waals surface area contributed by atoms with Crippen LogP contribution in [0.3, 0.4) is 0 Å². The summed E-state index contributed by atoms with van der Waals surface area (Å²) in [5.74, 6) is 0. The lowest BCUT2D eigenvalue weighted by Crippen LogP contribution is -2.60. The van der Waals surface area contributed by atoms with E-state index < -0.39 is 29.9 Å². The second-order valence-electron chi connectivity index (χ2n) is 2.97. The van der Waals surface area contributed by atoms with Crippen LogP contribution in [-0.4, -0.2) is 53.8 Å². The zero-order chi connectivity index (χ0) is 10.0. The summed E-state index contributed by atoms with van der Waals surface area (Å²) in [6, 6.07) is -0.655.